The Balaban J connectivity index is 3.31. The molecule has 0 unspecified atom stereocenters. The Labute approximate surface area is 85.6 Å². The molecular formula is C12H19N2+. The van der Waals surface area contributed by atoms with Crippen molar-refractivity contribution in [1.29, 1.82) is 0 Å². The molecule has 14 heavy (non-hydrogen) atoms. The van der Waals surface area contributed by atoms with Crippen molar-refractivity contribution in [1.82, 2.24) is 0 Å². The number of amidine groups is 1. The zero-order chi connectivity index (χ0) is 10.9. The molecule has 4 N–H and O–H groups in total. The van der Waals surface area contributed by atoms with Crippen LogP contribution in [0, 0.1) is 27.7 Å². The fraction of sp³-hybridized carbons (Fsp3) is 0.417. The zero-order valence-corrected chi connectivity index (χ0v) is 9.44. The van der Waals surface area contributed by atoms with E-state index in [9.17, 15) is 0 Å². The number of nitrogens with two attached hydrogens (primary N) is 2. The Morgan fingerprint density at radius 1 is 1.14 bits per heavy atom. The highest BCUT2D eigenvalue weighted by Crippen LogP contribution is 2.21. The van der Waals surface area contributed by atoms with Gasteiger partial charge < -0.3 is 0 Å². The number of benzene rings is 1. The van der Waals surface area contributed by atoms with Crippen LogP contribution in [0.25, 0.3) is 0 Å². The van der Waals surface area contributed by atoms with Gasteiger partial charge in [-0.15, -0.1) is 0 Å². The lowest BCUT2D eigenvalue weighted by Gasteiger charge is -2.13. The second kappa shape index (κ2) is 3.82. The molecule has 0 aliphatic heterocycles. The van der Waals surface area contributed by atoms with Gasteiger partial charge in [0.25, 0.3) is 0 Å². The zero-order valence-electron chi connectivity index (χ0n) is 9.44. The van der Waals surface area contributed by atoms with E-state index in [0.717, 1.165) is 0 Å². The van der Waals surface area contributed by atoms with Crippen molar-refractivity contribution in [3.05, 3.63) is 33.9 Å². The van der Waals surface area contributed by atoms with Crippen molar-refractivity contribution in [3.63, 3.8) is 0 Å². The van der Waals surface area contributed by atoms with Crippen molar-refractivity contribution >= 4 is 5.84 Å². The SMILES string of the molecule is Cc1cc(C)c(C)c(CC(N)=[NH2+])c1C. The maximum Gasteiger partial charge on any atom is 0.242 e. The molecule has 0 bridgehead atoms. The van der Waals surface area contributed by atoms with Gasteiger partial charge in [0.15, 0.2) is 0 Å². The van der Waals surface area contributed by atoms with Crippen LogP contribution in [-0.2, 0) is 6.42 Å². The quantitative estimate of drug-likeness (QED) is 0.521. The fourth-order valence-corrected chi connectivity index (χ4v) is 1.77. The fourth-order valence-electron chi connectivity index (χ4n) is 1.77. The molecule has 2 nitrogen and oxygen atoms in total. The first-order valence-corrected chi connectivity index (χ1v) is 4.86. The highest BCUT2D eigenvalue weighted by atomic mass is 14.7. The summed E-state index contributed by atoms with van der Waals surface area (Å²) < 4.78 is 0. The van der Waals surface area contributed by atoms with E-state index in [0.29, 0.717) is 12.3 Å². The van der Waals surface area contributed by atoms with Gasteiger partial charge in [0.1, 0.15) is 0 Å². The molecule has 0 saturated heterocycles. The van der Waals surface area contributed by atoms with Crippen molar-refractivity contribution in [2.45, 2.75) is 34.1 Å². The van der Waals surface area contributed by atoms with Crippen LogP contribution in [0.15, 0.2) is 6.07 Å². The predicted molar refractivity (Wildman–Crippen MR) is 60.2 cm³/mol. The summed E-state index contributed by atoms with van der Waals surface area (Å²) in [6.45, 7) is 8.50. The van der Waals surface area contributed by atoms with E-state index in [-0.39, 0.29) is 0 Å². The largest absolute Gasteiger partial charge is 0.291 e. The topological polar surface area (TPSA) is 51.6 Å². The highest BCUT2D eigenvalue weighted by molar-refractivity contribution is 5.77. The summed E-state index contributed by atoms with van der Waals surface area (Å²) in [6.07, 6.45) is 0.681. The first-order chi connectivity index (χ1) is 6.43. The smallest absolute Gasteiger partial charge is 0.242 e. The lowest BCUT2D eigenvalue weighted by Crippen LogP contribution is -2.47. The third-order valence-corrected chi connectivity index (χ3v) is 2.90. The summed E-state index contributed by atoms with van der Waals surface area (Å²) in [5.74, 6) is 0.487. The van der Waals surface area contributed by atoms with Gasteiger partial charge in [-0.1, -0.05) is 6.07 Å². The third kappa shape index (κ3) is 1.95. The molecule has 0 fully saturated rings. The molecular weight excluding hydrogens is 172 g/mol. The summed E-state index contributed by atoms with van der Waals surface area (Å²) in [6, 6.07) is 2.21. The normalized spacial score (nSPS) is 10.3. The molecule has 0 aliphatic rings. The third-order valence-electron chi connectivity index (χ3n) is 2.90. The standard InChI is InChI=1S/C12H18N2/c1-7-5-8(2)10(4)11(9(7)3)6-12(13)14/h5H,6H2,1-4H3,(H3,13,14)/p+1. The van der Waals surface area contributed by atoms with E-state index < -0.39 is 0 Å². The number of hydrogen-bond donors (Lipinski definition) is 2. The molecule has 0 spiro atoms. The van der Waals surface area contributed by atoms with Gasteiger partial charge in [-0.2, -0.15) is 0 Å². The van der Waals surface area contributed by atoms with Crippen LogP contribution in [-0.4, -0.2) is 5.84 Å². The highest BCUT2D eigenvalue weighted by Gasteiger charge is 2.10. The molecule has 0 heterocycles. The molecule has 76 valence electrons. The van der Waals surface area contributed by atoms with Crippen molar-refractivity contribution in [2.75, 3.05) is 0 Å². The molecule has 1 aromatic rings. The molecule has 1 rings (SSSR count). The lowest BCUT2D eigenvalue weighted by atomic mass is 9.92. The van der Waals surface area contributed by atoms with Crippen molar-refractivity contribution in [2.24, 2.45) is 5.73 Å². The summed E-state index contributed by atoms with van der Waals surface area (Å²) in [5.41, 5.74) is 12.1. The Morgan fingerprint density at radius 2 is 1.57 bits per heavy atom. The predicted octanol–water partition coefficient (Wildman–Crippen LogP) is 0.579. The van der Waals surface area contributed by atoms with Crippen LogP contribution in [0.1, 0.15) is 27.8 Å². The molecule has 2 heteroatoms. The minimum absolute atomic E-state index is 0.487. The molecule has 0 saturated carbocycles. The van der Waals surface area contributed by atoms with Gasteiger partial charge >= 0.3 is 0 Å². The Morgan fingerprint density at radius 3 is 1.93 bits per heavy atom. The van der Waals surface area contributed by atoms with Gasteiger partial charge in [-0.25, -0.2) is 0 Å². The Kier molecular flexibility index (Phi) is 2.94. The van der Waals surface area contributed by atoms with E-state index in [4.69, 9.17) is 11.1 Å². The van der Waals surface area contributed by atoms with E-state index >= 15 is 0 Å². The number of rotatable bonds is 2. The molecule has 0 atom stereocenters. The van der Waals surface area contributed by atoms with E-state index in [1.54, 1.807) is 0 Å². The van der Waals surface area contributed by atoms with Crippen LogP contribution < -0.4 is 11.1 Å². The van der Waals surface area contributed by atoms with E-state index in [1.165, 1.54) is 27.8 Å². The van der Waals surface area contributed by atoms with Gasteiger partial charge in [-0.3, -0.25) is 11.1 Å². The van der Waals surface area contributed by atoms with Gasteiger partial charge in [-0.05, 0) is 55.5 Å². The average molecular weight is 191 g/mol. The summed E-state index contributed by atoms with van der Waals surface area (Å²) >= 11 is 0. The Hall–Kier alpha value is -1.31. The van der Waals surface area contributed by atoms with Crippen molar-refractivity contribution in [3.8, 4) is 0 Å². The van der Waals surface area contributed by atoms with Crippen molar-refractivity contribution < 1.29 is 5.41 Å². The minimum Gasteiger partial charge on any atom is -0.291 e. The lowest BCUT2D eigenvalue weighted by molar-refractivity contribution is -0.117. The maximum absolute atomic E-state index is 5.56. The molecule has 0 aromatic heterocycles. The summed E-state index contributed by atoms with van der Waals surface area (Å²) in [5, 5.41) is 5.56. The van der Waals surface area contributed by atoms with Crippen LogP contribution >= 0.6 is 0 Å². The second-order valence-electron chi connectivity index (χ2n) is 3.99. The second-order valence-corrected chi connectivity index (χ2v) is 3.99. The van der Waals surface area contributed by atoms with Gasteiger partial charge in [0.05, 0.1) is 6.42 Å². The van der Waals surface area contributed by atoms with E-state index in [2.05, 4.69) is 33.8 Å². The molecule has 0 amide bonds. The molecule has 0 radical (unpaired) electrons. The number of hydrogen-bond acceptors (Lipinski definition) is 0. The van der Waals surface area contributed by atoms with E-state index in [1.807, 2.05) is 0 Å². The summed E-state index contributed by atoms with van der Waals surface area (Å²) in [4.78, 5) is 0. The van der Waals surface area contributed by atoms with Crippen LogP contribution in [0.3, 0.4) is 0 Å². The summed E-state index contributed by atoms with van der Waals surface area (Å²) in [7, 11) is 0. The van der Waals surface area contributed by atoms with Crippen LogP contribution in [0.2, 0.25) is 0 Å². The molecule has 1 aromatic carbocycles. The minimum atomic E-state index is 0.487. The van der Waals surface area contributed by atoms with Gasteiger partial charge in [0.2, 0.25) is 5.84 Å². The van der Waals surface area contributed by atoms with Gasteiger partial charge in [0, 0.05) is 0 Å². The van der Waals surface area contributed by atoms with Crippen LogP contribution in [0.4, 0.5) is 0 Å². The monoisotopic (exact) mass is 191 g/mol. The molecule has 0 aliphatic carbocycles. The first kappa shape index (κ1) is 10.8. The average Bonchev–Trinajstić information content (AvgIpc) is 2.09. The first-order valence-electron chi connectivity index (χ1n) is 4.86. The number of aryl methyl sites for hydroxylation is 2. The Bertz CT molecular complexity index is 352. The van der Waals surface area contributed by atoms with Crippen LogP contribution in [0.5, 0.6) is 0 Å². The maximum atomic E-state index is 5.56.